The van der Waals surface area contributed by atoms with E-state index in [0.29, 0.717) is 5.82 Å². The van der Waals surface area contributed by atoms with Gasteiger partial charge in [-0.2, -0.15) is 0 Å². The molecule has 3 heterocycles. The summed E-state index contributed by atoms with van der Waals surface area (Å²) in [6.45, 7) is 1.73. The molecular weight excluding hydrogens is 190 g/mol. The van der Waals surface area contributed by atoms with Crippen molar-refractivity contribution in [1.82, 2.24) is 14.9 Å². The van der Waals surface area contributed by atoms with E-state index < -0.39 is 0 Å². The van der Waals surface area contributed by atoms with Crippen molar-refractivity contribution in [3.8, 4) is 0 Å². The second kappa shape index (κ2) is 3.27. The fraction of sp³-hybridized carbons (Fsp3) is 0.200. The third-order valence-corrected chi connectivity index (χ3v) is 2.28. The maximum Gasteiger partial charge on any atom is 0.225 e. The maximum atomic E-state index is 4.39. The summed E-state index contributed by atoms with van der Waals surface area (Å²) in [4.78, 5) is 19.0. The molecule has 15 heavy (non-hydrogen) atoms. The first-order chi connectivity index (χ1) is 7.43. The van der Waals surface area contributed by atoms with Crippen LogP contribution in [0.1, 0.15) is 5.82 Å². The molecule has 0 N–H and O–H groups in total. The summed E-state index contributed by atoms with van der Waals surface area (Å²) in [5.74, 6) is 1.41. The smallest absolute Gasteiger partial charge is 0.225 e. The van der Waals surface area contributed by atoms with Crippen LogP contribution >= 0.6 is 0 Å². The van der Waals surface area contributed by atoms with Crippen LogP contribution < -0.4 is 0 Å². The third kappa shape index (κ3) is 1.41. The van der Waals surface area contributed by atoms with Gasteiger partial charge in [0.1, 0.15) is 5.71 Å². The maximum absolute atomic E-state index is 4.39. The first-order valence-electron chi connectivity index (χ1n) is 4.79. The minimum Gasteiger partial charge on any atom is -0.316 e. The van der Waals surface area contributed by atoms with Crippen LogP contribution in [0, 0.1) is 0 Å². The highest BCUT2D eigenvalue weighted by atomic mass is 15.3. The van der Waals surface area contributed by atoms with E-state index >= 15 is 0 Å². The van der Waals surface area contributed by atoms with Gasteiger partial charge < -0.3 is 4.90 Å². The van der Waals surface area contributed by atoms with Crippen molar-refractivity contribution in [1.29, 1.82) is 0 Å². The van der Waals surface area contributed by atoms with Gasteiger partial charge in [-0.3, -0.25) is 0 Å². The summed E-state index contributed by atoms with van der Waals surface area (Å²) in [5, 5.41) is 0. The van der Waals surface area contributed by atoms with Gasteiger partial charge in [0.05, 0.1) is 6.54 Å². The van der Waals surface area contributed by atoms with E-state index in [2.05, 4.69) is 20.0 Å². The first kappa shape index (κ1) is 8.28. The van der Waals surface area contributed by atoms with Crippen LogP contribution in [0.4, 0.5) is 0 Å². The number of guanidine groups is 1. The fourth-order valence-corrected chi connectivity index (χ4v) is 1.55. The van der Waals surface area contributed by atoms with E-state index in [0.717, 1.165) is 24.8 Å². The molecule has 0 bridgehead atoms. The van der Waals surface area contributed by atoms with E-state index in [9.17, 15) is 0 Å². The van der Waals surface area contributed by atoms with Crippen LogP contribution in [0.15, 0.2) is 40.7 Å². The Balaban J connectivity index is 1.99. The number of hydrogen-bond acceptors (Lipinski definition) is 5. The van der Waals surface area contributed by atoms with Crippen molar-refractivity contribution in [2.24, 2.45) is 9.98 Å². The van der Waals surface area contributed by atoms with Gasteiger partial charge >= 0.3 is 0 Å². The number of aliphatic imine (C=N–C) groups is 2. The molecule has 0 saturated heterocycles. The van der Waals surface area contributed by atoms with Gasteiger partial charge in [0, 0.05) is 25.1 Å². The van der Waals surface area contributed by atoms with Crippen LogP contribution in [0.5, 0.6) is 0 Å². The van der Waals surface area contributed by atoms with Crippen molar-refractivity contribution in [3.63, 3.8) is 0 Å². The lowest BCUT2D eigenvalue weighted by Gasteiger charge is -2.16. The van der Waals surface area contributed by atoms with Crippen LogP contribution in [-0.4, -0.2) is 39.6 Å². The Morgan fingerprint density at radius 2 is 2.07 bits per heavy atom. The molecule has 0 saturated carbocycles. The predicted octanol–water partition coefficient (Wildman–Crippen LogP) is 0.465. The molecule has 0 radical (unpaired) electrons. The molecule has 0 amide bonds. The molecule has 5 heteroatoms. The van der Waals surface area contributed by atoms with Crippen molar-refractivity contribution in [3.05, 3.63) is 36.6 Å². The standard InChI is InChI=1S/C10H9N5/c1-3-11-9(12-4-1)8-2-6-15-7-5-13-10(15)14-8/h1-4,6H,5,7H2. The van der Waals surface area contributed by atoms with Crippen molar-refractivity contribution >= 4 is 11.7 Å². The van der Waals surface area contributed by atoms with Gasteiger partial charge in [-0.05, 0) is 12.1 Å². The molecule has 0 spiro atoms. The average molecular weight is 199 g/mol. The zero-order chi connectivity index (χ0) is 10.1. The van der Waals surface area contributed by atoms with E-state index in [-0.39, 0.29) is 0 Å². The molecule has 0 unspecified atom stereocenters. The lowest BCUT2D eigenvalue weighted by atomic mass is 10.3. The molecule has 0 aliphatic carbocycles. The number of fused-ring (bicyclic) bond motifs is 1. The normalized spacial score (nSPS) is 18.5. The molecule has 74 valence electrons. The highest BCUT2D eigenvalue weighted by molar-refractivity contribution is 6.13. The van der Waals surface area contributed by atoms with Gasteiger partial charge in [-0.1, -0.05) is 0 Å². The second-order valence-corrected chi connectivity index (χ2v) is 3.26. The van der Waals surface area contributed by atoms with Crippen LogP contribution in [0.25, 0.3) is 0 Å². The van der Waals surface area contributed by atoms with E-state index in [1.54, 1.807) is 18.5 Å². The van der Waals surface area contributed by atoms with Crippen molar-refractivity contribution in [2.45, 2.75) is 0 Å². The molecule has 0 aromatic carbocycles. The highest BCUT2D eigenvalue weighted by Crippen LogP contribution is 2.10. The SMILES string of the molecule is C1=CN2CCN=C2N=C1c1ncccn1. The Morgan fingerprint density at radius 1 is 1.20 bits per heavy atom. The molecule has 1 aromatic rings. The second-order valence-electron chi connectivity index (χ2n) is 3.26. The lowest BCUT2D eigenvalue weighted by molar-refractivity contribution is 0.604. The topological polar surface area (TPSA) is 53.7 Å². The third-order valence-electron chi connectivity index (χ3n) is 2.28. The fourth-order valence-electron chi connectivity index (χ4n) is 1.55. The number of nitrogens with zero attached hydrogens (tertiary/aromatic N) is 5. The average Bonchev–Trinajstić information content (AvgIpc) is 2.77. The number of hydrogen-bond donors (Lipinski definition) is 0. The molecule has 3 rings (SSSR count). The van der Waals surface area contributed by atoms with Crippen molar-refractivity contribution in [2.75, 3.05) is 13.1 Å². The Labute approximate surface area is 86.9 Å². The largest absolute Gasteiger partial charge is 0.316 e. The molecule has 1 aromatic heterocycles. The summed E-state index contributed by atoms with van der Waals surface area (Å²) >= 11 is 0. The molecule has 0 atom stereocenters. The minimum atomic E-state index is 0.642. The molecule has 2 aliphatic rings. The van der Waals surface area contributed by atoms with E-state index in [1.807, 2.05) is 17.2 Å². The van der Waals surface area contributed by atoms with E-state index in [1.165, 1.54) is 0 Å². The van der Waals surface area contributed by atoms with Gasteiger partial charge in [-0.25, -0.2) is 20.0 Å². The molecule has 0 fully saturated rings. The zero-order valence-electron chi connectivity index (χ0n) is 8.04. The number of aromatic nitrogens is 2. The van der Waals surface area contributed by atoms with Gasteiger partial charge in [-0.15, -0.1) is 0 Å². The number of rotatable bonds is 1. The lowest BCUT2D eigenvalue weighted by Crippen LogP contribution is -2.25. The van der Waals surface area contributed by atoms with Crippen molar-refractivity contribution < 1.29 is 0 Å². The van der Waals surface area contributed by atoms with Gasteiger partial charge in [0.15, 0.2) is 5.82 Å². The summed E-state index contributed by atoms with van der Waals surface area (Å²) in [5.41, 5.74) is 0.771. The van der Waals surface area contributed by atoms with Gasteiger partial charge in [0.2, 0.25) is 5.96 Å². The molecular formula is C10H9N5. The predicted molar refractivity (Wildman–Crippen MR) is 56.7 cm³/mol. The Hall–Kier alpha value is -2.04. The Bertz CT molecular complexity index is 460. The van der Waals surface area contributed by atoms with Crippen LogP contribution in [-0.2, 0) is 0 Å². The Morgan fingerprint density at radius 3 is 2.93 bits per heavy atom. The minimum absolute atomic E-state index is 0.642. The zero-order valence-corrected chi connectivity index (χ0v) is 8.04. The quantitative estimate of drug-likeness (QED) is 0.660. The molecule has 2 aliphatic heterocycles. The molecule has 5 nitrogen and oxygen atoms in total. The summed E-state index contributed by atoms with van der Waals surface area (Å²) in [6.07, 6.45) is 7.31. The van der Waals surface area contributed by atoms with E-state index in [4.69, 9.17) is 0 Å². The summed E-state index contributed by atoms with van der Waals surface area (Å²) in [7, 11) is 0. The summed E-state index contributed by atoms with van der Waals surface area (Å²) in [6, 6.07) is 1.79. The Kier molecular flexibility index (Phi) is 1.81. The van der Waals surface area contributed by atoms with Crippen LogP contribution in [0.3, 0.4) is 0 Å². The summed E-state index contributed by atoms with van der Waals surface area (Å²) < 4.78 is 0. The highest BCUT2D eigenvalue weighted by Gasteiger charge is 2.19. The first-order valence-corrected chi connectivity index (χ1v) is 4.79. The van der Waals surface area contributed by atoms with Gasteiger partial charge in [0.25, 0.3) is 0 Å². The van der Waals surface area contributed by atoms with Crippen LogP contribution in [0.2, 0.25) is 0 Å². The number of allylic oxidation sites excluding steroid dienone is 1. The monoisotopic (exact) mass is 199 g/mol.